The van der Waals surface area contributed by atoms with Gasteiger partial charge in [0, 0.05) is 0 Å². The number of hydrogen-bond donors (Lipinski definition) is 0. The van der Waals surface area contributed by atoms with Crippen molar-refractivity contribution in [1.29, 1.82) is 0 Å². The Morgan fingerprint density at radius 2 is 0.913 bits per heavy atom. The lowest BCUT2D eigenvalue weighted by Gasteiger charge is -2.01. The third-order valence-corrected chi connectivity index (χ3v) is 4.12. The molecule has 0 N–H and O–H groups in total. The molecule has 0 bridgehead atoms. The topological polar surface area (TPSA) is 0 Å². The molecule has 0 fully saturated rings. The highest BCUT2D eigenvalue weighted by Gasteiger charge is 1.97. The summed E-state index contributed by atoms with van der Waals surface area (Å²) in [5.41, 5.74) is 5.74. The van der Waals surface area contributed by atoms with Gasteiger partial charge in [-0.15, -0.1) is 5.73 Å². The molecule has 4 rings (SSSR count). The minimum Gasteiger partial charge on any atom is -0.120 e. The zero-order chi connectivity index (χ0) is 15.5. The maximum Gasteiger partial charge on any atom is -0.0101 e. The summed E-state index contributed by atoms with van der Waals surface area (Å²) >= 11 is 0. The Kier molecular flexibility index (Phi) is 3.52. The fourth-order valence-corrected chi connectivity index (χ4v) is 2.97. The Balaban J connectivity index is 1.79. The largest absolute Gasteiger partial charge is 0.120 e. The SMILES string of the molecule is C(=Cc1cccc2ccccc12)=Cc1cccc2ccccc12. The van der Waals surface area contributed by atoms with Crippen LogP contribution in [0.25, 0.3) is 33.7 Å². The molecule has 0 aromatic heterocycles. The first-order valence-electron chi connectivity index (χ1n) is 7.80. The van der Waals surface area contributed by atoms with Crippen molar-refractivity contribution in [2.75, 3.05) is 0 Å². The molecular weight excluding hydrogens is 276 g/mol. The maximum absolute atomic E-state index is 3.35. The van der Waals surface area contributed by atoms with Crippen molar-refractivity contribution in [3.05, 3.63) is 102 Å². The quantitative estimate of drug-likeness (QED) is 0.379. The Bertz CT molecular complexity index is 954. The molecule has 0 unspecified atom stereocenters. The number of benzene rings is 4. The van der Waals surface area contributed by atoms with Crippen LogP contribution in [0.1, 0.15) is 11.1 Å². The predicted octanol–water partition coefficient (Wildman–Crippen LogP) is 6.32. The predicted molar refractivity (Wildman–Crippen MR) is 100 cm³/mol. The first-order valence-corrected chi connectivity index (χ1v) is 7.80. The number of fused-ring (bicyclic) bond motifs is 2. The highest BCUT2D eigenvalue weighted by Crippen LogP contribution is 2.21. The summed E-state index contributed by atoms with van der Waals surface area (Å²) in [7, 11) is 0. The fourth-order valence-electron chi connectivity index (χ4n) is 2.97. The summed E-state index contributed by atoms with van der Waals surface area (Å²) in [6, 6.07) is 29.6. The van der Waals surface area contributed by atoms with Gasteiger partial charge in [-0.25, -0.2) is 0 Å². The second kappa shape index (κ2) is 5.96. The summed E-state index contributed by atoms with van der Waals surface area (Å²) in [6.07, 6.45) is 4.12. The molecule has 0 aliphatic heterocycles. The lowest BCUT2D eigenvalue weighted by molar-refractivity contribution is 1.71. The molecule has 0 nitrogen and oxygen atoms in total. The minimum atomic E-state index is 1.19. The van der Waals surface area contributed by atoms with E-state index >= 15 is 0 Å². The molecule has 0 radical (unpaired) electrons. The second-order valence-corrected chi connectivity index (χ2v) is 5.59. The smallest absolute Gasteiger partial charge is 0.0101 e. The van der Waals surface area contributed by atoms with Gasteiger partial charge in [-0.1, -0.05) is 84.9 Å². The Morgan fingerprint density at radius 1 is 0.478 bits per heavy atom. The number of hydrogen-bond acceptors (Lipinski definition) is 0. The van der Waals surface area contributed by atoms with Gasteiger partial charge < -0.3 is 0 Å². The molecule has 0 saturated carbocycles. The summed E-state index contributed by atoms with van der Waals surface area (Å²) in [5, 5.41) is 5.03. The van der Waals surface area contributed by atoms with Crippen LogP contribution >= 0.6 is 0 Å². The second-order valence-electron chi connectivity index (χ2n) is 5.59. The third kappa shape index (κ3) is 2.68. The Labute approximate surface area is 136 Å². The third-order valence-electron chi connectivity index (χ3n) is 4.12. The Hall–Kier alpha value is -3.08. The summed E-state index contributed by atoms with van der Waals surface area (Å²) < 4.78 is 0. The molecule has 0 amide bonds. The highest BCUT2D eigenvalue weighted by molar-refractivity contribution is 5.92. The van der Waals surface area contributed by atoms with Crippen LogP contribution in [0, 0.1) is 0 Å². The van der Waals surface area contributed by atoms with Crippen molar-refractivity contribution < 1.29 is 0 Å². The molecular formula is C23H16. The zero-order valence-corrected chi connectivity index (χ0v) is 12.7. The van der Waals surface area contributed by atoms with Crippen molar-refractivity contribution in [2.45, 2.75) is 0 Å². The van der Waals surface area contributed by atoms with E-state index in [9.17, 15) is 0 Å². The van der Waals surface area contributed by atoms with Crippen molar-refractivity contribution in [3.63, 3.8) is 0 Å². The molecule has 0 aliphatic rings. The van der Waals surface area contributed by atoms with E-state index in [1.807, 2.05) is 0 Å². The van der Waals surface area contributed by atoms with Crippen LogP contribution in [0.3, 0.4) is 0 Å². The van der Waals surface area contributed by atoms with E-state index in [0.717, 1.165) is 0 Å². The normalized spacial score (nSPS) is 10.4. The zero-order valence-electron chi connectivity index (χ0n) is 12.7. The lowest BCUT2D eigenvalue weighted by Crippen LogP contribution is -1.77. The summed E-state index contributed by atoms with van der Waals surface area (Å²) in [6.45, 7) is 0. The van der Waals surface area contributed by atoms with Gasteiger partial charge in [0.2, 0.25) is 0 Å². The van der Waals surface area contributed by atoms with Gasteiger partial charge >= 0.3 is 0 Å². The summed E-state index contributed by atoms with van der Waals surface area (Å²) in [5.74, 6) is 0. The molecule has 0 spiro atoms. The van der Waals surface area contributed by atoms with E-state index in [1.165, 1.54) is 32.7 Å². The van der Waals surface area contributed by atoms with Gasteiger partial charge in [0.15, 0.2) is 0 Å². The molecule has 0 aliphatic carbocycles. The lowest BCUT2D eigenvalue weighted by atomic mass is 10.0. The van der Waals surface area contributed by atoms with E-state index in [0.29, 0.717) is 0 Å². The summed E-state index contributed by atoms with van der Waals surface area (Å²) in [4.78, 5) is 0. The van der Waals surface area contributed by atoms with Crippen LogP contribution in [-0.2, 0) is 0 Å². The number of rotatable bonds is 2. The molecule has 4 aromatic rings. The van der Waals surface area contributed by atoms with Crippen LogP contribution in [0.4, 0.5) is 0 Å². The molecule has 0 heteroatoms. The monoisotopic (exact) mass is 292 g/mol. The van der Waals surface area contributed by atoms with Gasteiger partial charge in [-0.05, 0) is 44.8 Å². The fraction of sp³-hybridized carbons (Fsp3) is 0. The van der Waals surface area contributed by atoms with Gasteiger partial charge in [0.25, 0.3) is 0 Å². The standard InChI is InChI=1S/C23H16/c1-3-16-22-18(8-1)10-5-12-20(22)14-7-15-21-13-6-11-19-9-2-4-17-23(19)21/h1-6,8-17H. The molecule has 23 heavy (non-hydrogen) atoms. The van der Waals surface area contributed by atoms with Crippen LogP contribution < -0.4 is 0 Å². The van der Waals surface area contributed by atoms with Crippen LogP contribution in [0.2, 0.25) is 0 Å². The molecule has 0 saturated heterocycles. The first-order chi connectivity index (χ1) is 11.4. The van der Waals surface area contributed by atoms with Crippen LogP contribution in [-0.4, -0.2) is 0 Å². The van der Waals surface area contributed by atoms with Crippen molar-refractivity contribution in [3.8, 4) is 0 Å². The first kappa shape index (κ1) is 13.6. The van der Waals surface area contributed by atoms with Crippen LogP contribution in [0.15, 0.2) is 90.7 Å². The van der Waals surface area contributed by atoms with Gasteiger partial charge in [0.05, 0.1) is 0 Å². The van der Waals surface area contributed by atoms with Gasteiger partial charge in [-0.2, -0.15) is 0 Å². The van der Waals surface area contributed by atoms with Crippen molar-refractivity contribution >= 4 is 33.7 Å². The maximum atomic E-state index is 3.35. The molecule has 0 atom stereocenters. The highest BCUT2D eigenvalue weighted by atomic mass is 14.0. The molecule has 0 heterocycles. The molecule has 4 aromatic carbocycles. The van der Waals surface area contributed by atoms with E-state index < -0.39 is 0 Å². The average molecular weight is 292 g/mol. The average Bonchev–Trinajstić information content (AvgIpc) is 2.62. The van der Waals surface area contributed by atoms with Crippen molar-refractivity contribution in [1.82, 2.24) is 0 Å². The van der Waals surface area contributed by atoms with E-state index in [2.05, 4.69) is 103 Å². The van der Waals surface area contributed by atoms with Crippen LogP contribution in [0.5, 0.6) is 0 Å². The van der Waals surface area contributed by atoms with Gasteiger partial charge in [0.1, 0.15) is 0 Å². The van der Waals surface area contributed by atoms with Gasteiger partial charge in [-0.3, -0.25) is 0 Å². The van der Waals surface area contributed by atoms with Crippen molar-refractivity contribution in [2.24, 2.45) is 0 Å². The Morgan fingerprint density at radius 3 is 1.43 bits per heavy atom. The van der Waals surface area contributed by atoms with E-state index in [-0.39, 0.29) is 0 Å². The van der Waals surface area contributed by atoms with E-state index in [1.54, 1.807) is 0 Å². The minimum absolute atomic E-state index is 1.19. The van der Waals surface area contributed by atoms with E-state index in [4.69, 9.17) is 0 Å². The molecule has 108 valence electrons.